The number of carbonyl (C=O) groups is 2. The topological polar surface area (TPSA) is 124 Å². The quantitative estimate of drug-likeness (QED) is 0.565. The lowest BCUT2D eigenvalue weighted by molar-refractivity contribution is -0.128. The first-order valence-corrected chi connectivity index (χ1v) is 11.0. The molecule has 0 saturated heterocycles. The van der Waals surface area contributed by atoms with Gasteiger partial charge in [0.2, 0.25) is 5.91 Å². The number of anilines is 1. The first-order chi connectivity index (χ1) is 16.2. The summed E-state index contributed by atoms with van der Waals surface area (Å²) in [5.74, 6) is 0.0418. The Morgan fingerprint density at radius 1 is 1.00 bits per heavy atom. The molecule has 34 heavy (non-hydrogen) atoms. The highest BCUT2D eigenvalue weighted by atomic mass is 16.5. The van der Waals surface area contributed by atoms with Crippen molar-refractivity contribution in [3.05, 3.63) is 35.4 Å². The summed E-state index contributed by atoms with van der Waals surface area (Å²) in [7, 11) is 5.87. The number of aliphatic hydroxyl groups is 2. The average molecular weight is 478 g/mol. The summed E-state index contributed by atoms with van der Waals surface area (Å²) in [5, 5.41) is 23.8. The van der Waals surface area contributed by atoms with E-state index in [1.807, 2.05) is 0 Å². The number of ether oxygens (including phenoxy) is 4. The summed E-state index contributed by atoms with van der Waals surface area (Å²) in [6, 6.07) is 1.59. The monoisotopic (exact) mass is 477 g/mol. The van der Waals surface area contributed by atoms with Crippen LogP contribution in [0, 0.1) is 5.92 Å². The molecule has 9 nitrogen and oxygen atoms in total. The maximum absolute atomic E-state index is 12.7. The fourth-order valence-electron chi connectivity index (χ4n) is 3.87. The number of ketones is 1. The summed E-state index contributed by atoms with van der Waals surface area (Å²) >= 11 is 0. The van der Waals surface area contributed by atoms with Crippen molar-refractivity contribution in [3.8, 4) is 17.2 Å². The lowest BCUT2D eigenvalue weighted by Crippen LogP contribution is -2.28. The minimum absolute atomic E-state index is 0.125. The number of allylic oxidation sites excluding steroid dienone is 1. The highest BCUT2D eigenvalue weighted by Crippen LogP contribution is 2.43. The molecule has 2 bridgehead atoms. The molecule has 0 aliphatic carbocycles. The number of amides is 1. The minimum atomic E-state index is -1.07. The first-order valence-electron chi connectivity index (χ1n) is 11.0. The molecule has 0 fully saturated rings. The number of fused-ring (bicyclic) bond motifs is 2. The Morgan fingerprint density at radius 3 is 2.26 bits per heavy atom. The van der Waals surface area contributed by atoms with Gasteiger partial charge in [0.15, 0.2) is 17.3 Å². The van der Waals surface area contributed by atoms with Gasteiger partial charge in [-0.05, 0) is 18.9 Å². The Kier molecular flexibility index (Phi) is 10.1. The zero-order valence-electron chi connectivity index (χ0n) is 20.6. The normalized spacial score (nSPS) is 27.1. The molecule has 1 aliphatic rings. The van der Waals surface area contributed by atoms with Gasteiger partial charge in [0, 0.05) is 31.1 Å². The van der Waals surface area contributed by atoms with Crippen LogP contribution in [0.3, 0.4) is 0 Å². The van der Waals surface area contributed by atoms with Gasteiger partial charge < -0.3 is 34.5 Å². The summed E-state index contributed by atoms with van der Waals surface area (Å²) < 4.78 is 21.9. The molecule has 9 heteroatoms. The average Bonchev–Trinajstić information content (AvgIpc) is 2.80. The molecule has 3 N–H and O–H groups in total. The second kappa shape index (κ2) is 12.5. The fourth-order valence-corrected chi connectivity index (χ4v) is 3.87. The molecule has 0 spiro atoms. The summed E-state index contributed by atoms with van der Waals surface area (Å²) in [4.78, 5) is 25.5. The third kappa shape index (κ3) is 6.59. The highest BCUT2D eigenvalue weighted by Gasteiger charge is 2.25. The largest absolute Gasteiger partial charge is 0.494 e. The van der Waals surface area contributed by atoms with Crippen molar-refractivity contribution in [3.63, 3.8) is 0 Å². The molecule has 0 unspecified atom stereocenters. The lowest BCUT2D eigenvalue weighted by Gasteiger charge is -2.20. The third-order valence-corrected chi connectivity index (χ3v) is 5.85. The van der Waals surface area contributed by atoms with Crippen LogP contribution in [-0.4, -0.2) is 68.7 Å². The molecule has 1 aliphatic heterocycles. The number of aliphatic hydroxyl groups excluding tert-OH is 2. The summed E-state index contributed by atoms with van der Waals surface area (Å²) in [6.07, 6.45) is 2.07. The van der Waals surface area contributed by atoms with Crippen molar-refractivity contribution < 1.29 is 38.7 Å². The standard InChI is InChI=1S/C25H35NO8/c1-14-10-15(2)19(28)13-23(30)26-17-11-22(32-4)25(34-6)16(24(17)33-5)8-7-9-21(31-3)20(29)12-18(14)27/h7,9-11,14,18-19,21,27-28H,8,12-13H2,1-6H3,(H,26,30)/b9-7+,15-10+/t14-,18-,19-,21+/m0/s1. The number of hydrogen-bond acceptors (Lipinski definition) is 8. The van der Waals surface area contributed by atoms with Crippen LogP contribution in [0.15, 0.2) is 29.9 Å². The zero-order valence-corrected chi connectivity index (χ0v) is 20.6. The second-order valence-corrected chi connectivity index (χ2v) is 8.24. The van der Waals surface area contributed by atoms with Crippen molar-refractivity contribution in [2.24, 2.45) is 5.92 Å². The van der Waals surface area contributed by atoms with E-state index in [4.69, 9.17) is 18.9 Å². The molecule has 0 radical (unpaired) electrons. The van der Waals surface area contributed by atoms with Gasteiger partial charge in [-0.2, -0.15) is 0 Å². The Labute approximate surface area is 200 Å². The minimum Gasteiger partial charge on any atom is -0.494 e. The van der Waals surface area contributed by atoms with Gasteiger partial charge >= 0.3 is 0 Å². The van der Waals surface area contributed by atoms with Crippen LogP contribution in [0.25, 0.3) is 0 Å². The van der Waals surface area contributed by atoms with Crippen molar-refractivity contribution in [1.29, 1.82) is 0 Å². The van der Waals surface area contributed by atoms with E-state index in [9.17, 15) is 19.8 Å². The lowest BCUT2D eigenvalue weighted by atomic mass is 9.94. The molecule has 0 aromatic heterocycles. The van der Waals surface area contributed by atoms with Crippen molar-refractivity contribution >= 4 is 17.4 Å². The van der Waals surface area contributed by atoms with Crippen LogP contribution >= 0.6 is 0 Å². The second-order valence-electron chi connectivity index (χ2n) is 8.24. The van der Waals surface area contributed by atoms with Gasteiger partial charge in [0.1, 0.15) is 11.9 Å². The van der Waals surface area contributed by atoms with Gasteiger partial charge in [0.05, 0.1) is 45.6 Å². The van der Waals surface area contributed by atoms with Gasteiger partial charge in [-0.15, -0.1) is 0 Å². The molecular formula is C25H35NO8. The van der Waals surface area contributed by atoms with Gasteiger partial charge in [-0.3, -0.25) is 9.59 Å². The Balaban J connectivity index is 2.60. The van der Waals surface area contributed by atoms with E-state index in [1.54, 1.807) is 38.1 Å². The Hall–Kier alpha value is -2.88. The molecule has 4 atom stereocenters. The first kappa shape index (κ1) is 27.4. The number of Topliss-reactive ketones (excluding diaryl/α,β-unsaturated/α-hetero) is 1. The van der Waals surface area contributed by atoms with Crippen molar-refractivity contribution in [1.82, 2.24) is 0 Å². The van der Waals surface area contributed by atoms with Crippen LogP contribution in [0.4, 0.5) is 5.69 Å². The molecule has 188 valence electrons. The van der Waals surface area contributed by atoms with Crippen LogP contribution in [0.2, 0.25) is 0 Å². The van der Waals surface area contributed by atoms with E-state index in [0.29, 0.717) is 34.1 Å². The number of rotatable bonds is 4. The predicted octanol–water partition coefficient (Wildman–Crippen LogP) is 2.43. The van der Waals surface area contributed by atoms with Gasteiger partial charge in [-0.1, -0.05) is 25.2 Å². The fraction of sp³-hybridized carbons (Fsp3) is 0.520. The van der Waals surface area contributed by atoms with Gasteiger partial charge in [0.25, 0.3) is 0 Å². The molecule has 1 heterocycles. The third-order valence-electron chi connectivity index (χ3n) is 5.85. The van der Waals surface area contributed by atoms with Crippen LogP contribution in [0.5, 0.6) is 17.2 Å². The molecule has 2 rings (SSSR count). The predicted molar refractivity (Wildman–Crippen MR) is 128 cm³/mol. The number of nitrogens with one attached hydrogen (secondary N) is 1. The smallest absolute Gasteiger partial charge is 0.227 e. The van der Waals surface area contributed by atoms with Crippen LogP contribution in [-0.2, 0) is 20.7 Å². The van der Waals surface area contributed by atoms with E-state index in [1.165, 1.54) is 28.4 Å². The van der Waals surface area contributed by atoms with Gasteiger partial charge in [-0.25, -0.2) is 0 Å². The molecule has 1 aromatic carbocycles. The summed E-state index contributed by atoms with van der Waals surface area (Å²) in [6.45, 7) is 3.42. The van der Waals surface area contributed by atoms with Crippen LogP contribution in [0.1, 0.15) is 32.3 Å². The maximum atomic E-state index is 12.7. The van der Waals surface area contributed by atoms with Crippen LogP contribution < -0.4 is 19.5 Å². The van der Waals surface area contributed by atoms with E-state index in [-0.39, 0.29) is 25.0 Å². The number of carbonyl (C=O) groups excluding carboxylic acids is 2. The van der Waals surface area contributed by atoms with E-state index in [2.05, 4.69) is 5.32 Å². The van der Waals surface area contributed by atoms with Crippen molar-refractivity contribution in [2.75, 3.05) is 33.8 Å². The molecule has 1 aromatic rings. The SMILES string of the molecule is COc1cc2c(OC)c(c1OC)C/C=C/[C@@H](OC)C(=O)C[C@H](O)[C@@H](C)/C=C(\C)[C@@H](O)CC(=O)N2. The number of hydrogen-bond donors (Lipinski definition) is 3. The molecule has 0 saturated carbocycles. The van der Waals surface area contributed by atoms with E-state index >= 15 is 0 Å². The maximum Gasteiger partial charge on any atom is 0.227 e. The zero-order chi connectivity index (χ0) is 25.4. The molecular weight excluding hydrogens is 442 g/mol. The number of methoxy groups -OCH3 is 4. The Bertz CT molecular complexity index is 939. The highest BCUT2D eigenvalue weighted by molar-refractivity contribution is 5.94. The summed E-state index contributed by atoms with van der Waals surface area (Å²) in [5.41, 5.74) is 1.46. The number of benzene rings is 1. The molecule has 1 amide bonds. The van der Waals surface area contributed by atoms with Crippen molar-refractivity contribution in [2.45, 2.75) is 51.4 Å². The Morgan fingerprint density at radius 2 is 1.68 bits per heavy atom. The van der Waals surface area contributed by atoms with E-state index in [0.717, 1.165) is 0 Å². The van der Waals surface area contributed by atoms with E-state index < -0.39 is 30.1 Å².